The number of imidazole rings is 1. The number of para-hydroxylation sites is 2. The van der Waals surface area contributed by atoms with Gasteiger partial charge in [-0.3, -0.25) is 9.55 Å². The van der Waals surface area contributed by atoms with E-state index in [9.17, 15) is 5.11 Å². The Labute approximate surface area is 344 Å². The van der Waals surface area contributed by atoms with E-state index >= 15 is 0 Å². The maximum absolute atomic E-state index is 12.2. The number of benzene rings is 7. The third-order valence-corrected chi connectivity index (χ3v) is 11.6. The van der Waals surface area contributed by atoms with Gasteiger partial charge in [-0.15, -0.1) is 0 Å². The molecule has 1 N–H and O–H groups in total. The molecule has 10 aromatic rings. The Morgan fingerprint density at radius 3 is 1.93 bits per heavy atom. The maximum atomic E-state index is 12.2. The quantitative estimate of drug-likeness (QED) is 0.189. The second kappa shape index (κ2) is 13.6. The van der Waals surface area contributed by atoms with Crippen molar-refractivity contribution in [1.29, 1.82) is 0 Å². The third kappa shape index (κ3) is 6.34. The summed E-state index contributed by atoms with van der Waals surface area (Å²) in [4.78, 5) is 10.6. The highest BCUT2D eigenvalue weighted by atomic mass is 16.3. The predicted octanol–water partition coefficient (Wildman–Crippen LogP) is 14.4. The van der Waals surface area contributed by atoms with E-state index in [1.807, 2.05) is 30.5 Å². The summed E-state index contributed by atoms with van der Waals surface area (Å²) < 4.78 is 8.69. The summed E-state index contributed by atoms with van der Waals surface area (Å²) in [6.45, 7) is 13.1. The molecule has 5 nitrogen and oxygen atoms in total. The number of pyridine rings is 1. The van der Waals surface area contributed by atoms with E-state index in [0.29, 0.717) is 11.4 Å². The van der Waals surface area contributed by atoms with Crippen LogP contribution in [0.1, 0.15) is 52.7 Å². The van der Waals surface area contributed by atoms with Gasteiger partial charge in [-0.2, -0.15) is 0 Å². The van der Waals surface area contributed by atoms with Gasteiger partial charge in [0.2, 0.25) is 0 Å². The van der Waals surface area contributed by atoms with Gasteiger partial charge in [-0.25, -0.2) is 4.98 Å². The monoisotopic (exact) mass is 767 g/mol. The molecule has 7 aromatic carbocycles. The largest absolute Gasteiger partial charge is 0.507 e. The van der Waals surface area contributed by atoms with Crippen molar-refractivity contribution in [2.45, 2.75) is 52.4 Å². The fraction of sp³-hybridized carbons (Fsp3) is 0.148. The Hall–Kier alpha value is -6.98. The van der Waals surface area contributed by atoms with Crippen LogP contribution in [0.15, 0.2) is 162 Å². The predicted molar refractivity (Wildman–Crippen MR) is 244 cm³/mol. The molecule has 59 heavy (non-hydrogen) atoms. The van der Waals surface area contributed by atoms with Gasteiger partial charge in [0.05, 0.1) is 22.3 Å². The molecule has 0 bridgehead atoms. The molecule has 288 valence electrons. The molecule has 0 saturated heterocycles. The Bertz CT molecular complexity index is 3230. The Morgan fingerprint density at radius 2 is 1.20 bits per heavy atom. The second-order valence-electron chi connectivity index (χ2n) is 17.7. The number of nitrogens with zero attached hydrogens (tertiary/aromatic N) is 3. The first-order valence-electron chi connectivity index (χ1n) is 20.3. The summed E-state index contributed by atoms with van der Waals surface area (Å²) in [5, 5.41) is 16.5. The lowest BCUT2D eigenvalue weighted by Gasteiger charge is -2.27. The summed E-state index contributed by atoms with van der Waals surface area (Å²) in [7, 11) is 0. The van der Waals surface area contributed by atoms with E-state index in [-0.39, 0.29) is 16.6 Å². The van der Waals surface area contributed by atoms with Crippen molar-refractivity contribution in [1.82, 2.24) is 14.5 Å². The first-order valence-corrected chi connectivity index (χ1v) is 20.3. The molecule has 0 saturated carbocycles. The number of phenolic OH excluding ortho intramolecular Hbond substituents is 1. The number of phenols is 1. The number of hydrogen-bond acceptors (Lipinski definition) is 4. The van der Waals surface area contributed by atoms with E-state index in [4.69, 9.17) is 14.4 Å². The molecule has 10 rings (SSSR count). The zero-order valence-electron chi connectivity index (χ0n) is 34.2. The summed E-state index contributed by atoms with van der Waals surface area (Å²) in [5.74, 6) is 0.949. The molecule has 0 aliphatic carbocycles. The number of fused-ring (bicyclic) bond motifs is 5. The van der Waals surface area contributed by atoms with Gasteiger partial charge in [-0.1, -0.05) is 133 Å². The molecule has 5 heteroatoms. The summed E-state index contributed by atoms with van der Waals surface area (Å²) in [6.07, 6.45) is 1.94. The molecule has 0 atom stereocenters. The van der Waals surface area contributed by atoms with Crippen LogP contribution in [-0.4, -0.2) is 19.6 Å². The van der Waals surface area contributed by atoms with Crippen LogP contribution in [0.3, 0.4) is 0 Å². The standard InChI is InChI=1S/C54H45N3O2/c1-53(2,3)39-29-43(51(58)45(30-39)54(4,5)6)52-56-50-41(22-15-23-47(50)57(52)40-20-11-8-12-21-40)37-24-36(33-16-9-7-10-17-33)25-38(26-37)46-31-49-44(32-55-46)42-27-34-18-13-14-19-35(34)28-48(42)59-49/h7-32,58H,1-6H3. The Morgan fingerprint density at radius 1 is 0.542 bits per heavy atom. The highest BCUT2D eigenvalue weighted by molar-refractivity contribution is 6.10. The molecule has 3 aromatic heterocycles. The maximum Gasteiger partial charge on any atom is 0.149 e. The molecule has 0 radical (unpaired) electrons. The van der Waals surface area contributed by atoms with Crippen LogP contribution in [0, 0.1) is 0 Å². The van der Waals surface area contributed by atoms with Gasteiger partial charge >= 0.3 is 0 Å². The first-order chi connectivity index (χ1) is 28.4. The van der Waals surface area contributed by atoms with E-state index in [2.05, 4.69) is 174 Å². The first kappa shape index (κ1) is 36.4. The number of furan rings is 1. The van der Waals surface area contributed by atoms with Crippen molar-refractivity contribution in [2.75, 3.05) is 0 Å². The molecule has 0 aliphatic heterocycles. The lowest BCUT2D eigenvalue weighted by Crippen LogP contribution is -2.17. The highest BCUT2D eigenvalue weighted by Gasteiger charge is 2.28. The normalized spacial score (nSPS) is 12.3. The van der Waals surface area contributed by atoms with Crippen LogP contribution in [0.5, 0.6) is 5.75 Å². The topological polar surface area (TPSA) is 64.1 Å². The van der Waals surface area contributed by atoms with Gasteiger partial charge < -0.3 is 9.52 Å². The third-order valence-electron chi connectivity index (χ3n) is 11.6. The minimum Gasteiger partial charge on any atom is -0.507 e. The highest BCUT2D eigenvalue weighted by Crippen LogP contribution is 2.45. The van der Waals surface area contributed by atoms with Crippen molar-refractivity contribution < 1.29 is 9.52 Å². The van der Waals surface area contributed by atoms with Crippen LogP contribution < -0.4 is 0 Å². The van der Waals surface area contributed by atoms with Crippen molar-refractivity contribution >= 4 is 43.7 Å². The SMILES string of the molecule is CC(C)(C)c1cc(-c2nc3c(-c4cc(-c5ccccc5)cc(-c5cc6oc7cc8ccccc8cc7c6cn5)c4)cccc3n2-c2ccccc2)c(O)c(C(C)(C)C)c1. The van der Waals surface area contributed by atoms with Gasteiger partial charge in [0, 0.05) is 45.4 Å². The van der Waals surface area contributed by atoms with E-state index in [1.165, 1.54) is 5.39 Å². The fourth-order valence-corrected chi connectivity index (χ4v) is 8.40. The van der Waals surface area contributed by atoms with Crippen molar-refractivity contribution in [3.63, 3.8) is 0 Å². The number of aromatic nitrogens is 3. The minimum absolute atomic E-state index is 0.154. The smallest absolute Gasteiger partial charge is 0.149 e. The molecule has 0 amide bonds. The van der Waals surface area contributed by atoms with Crippen molar-refractivity contribution in [3.8, 4) is 56.3 Å². The Balaban J connectivity index is 1.21. The second-order valence-corrected chi connectivity index (χ2v) is 17.7. The molecule has 0 unspecified atom stereocenters. The van der Waals surface area contributed by atoms with Gasteiger partial charge in [0.25, 0.3) is 0 Å². The molecular weight excluding hydrogens is 723 g/mol. The average molecular weight is 768 g/mol. The van der Waals surface area contributed by atoms with Crippen LogP contribution in [-0.2, 0) is 10.8 Å². The van der Waals surface area contributed by atoms with Crippen molar-refractivity contribution in [2.24, 2.45) is 0 Å². The summed E-state index contributed by atoms with van der Waals surface area (Å²) >= 11 is 0. The summed E-state index contributed by atoms with van der Waals surface area (Å²) in [6, 6.07) is 52.9. The minimum atomic E-state index is -0.295. The van der Waals surface area contributed by atoms with Crippen molar-refractivity contribution in [3.05, 3.63) is 169 Å². The van der Waals surface area contributed by atoms with Crippen LogP contribution in [0.4, 0.5) is 0 Å². The van der Waals surface area contributed by atoms with Crippen LogP contribution >= 0.6 is 0 Å². The molecule has 0 aliphatic rings. The number of aromatic hydroxyl groups is 1. The molecule has 0 spiro atoms. The van der Waals surface area contributed by atoms with Gasteiger partial charge in [0.15, 0.2) is 0 Å². The van der Waals surface area contributed by atoms with Gasteiger partial charge in [-0.05, 0) is 98.5 Å². The average Bonchev–Trinajstić information content (AvgIpc) is 3.80. The molecule has 0 fully saturated rings. The number of rotatable bonds is 5. The molecule has 3 heterocycles. The van der Waals surface area contributed by atoms with Gasteiger partial charge in [0.1, 0.15) is 22.7 Å². The number of hydrogen-bond donors (Lipinski definition) is 1. The molecular formula is C54H45N3O2. The fourth-order valence-electron chi connectivity index (χ4n) is 8.40. The lowest BCUT2D eigenvalue weighted by atomic mass is 9.79. The van der Waals surface area contributed by atoms with Crippen LogP contribution in [0.25, 0.3) is 94.3 Å². The van der Waals surface area contributed by atoms with E-state index in [0.717, 1.165) is 88.7 Å². The Kier molecular flexibility index (Phi) is 8.36. The summed E-state index contributed by atoms with van der Waals surface area (Å²) in [5.41, 5.74) is 12.7. The zero-order chi connectivity index (χ0) is 40.6. The van der Waals surface area contributed by atoms with E-state index in [1.54, 1.807) is 0 Å². The van der Waals surface area contributed by atoms with Crippen LogP contribution in [0.2, 0.25) is 0 Å². The lowest BCUT2D eigenvalue weighted by molar-refractivity contribution is 0.446. The zero-order valence-corrected chi connectivity index (χ0v) is 34.2. The van der Waals surface area contributed by atoms with E-state index < -0.39 is 0 Å².